The Hall–Kier alpha value is -2.57. The minimum Gasteiger partial charge on any atom is -0.264 e. The van der Waals surface area contributed by atoms with Crippen molar-refractivity contribution in [2.24, 2.45) is 0 Å². The molecule has 0 amide bonds. The lowest BCUT2D eigenvalue weighted by molar-refractivity contribution is -0.496. The van der Waals surface area contributed by atoms with Gasteiger partial charge in [0.15, 0.2) is 0 Å². The van der Waals surface area contributed by atoms with E-state index < -0.39 is 16.4 Å². The summed E-state index contributed by atoms with van der Waals surface area (Å²) in [5.41, 5.74) is 0.511. The Kier molecular flexibility index (Phi) is 2.65. The van der Waals surface area contributed by atoms with E-state index in [2.05, 4.69) is 4.98 Å². The second-order valence-corrected chi connectivity index (χ2v) is 3.43. The van der Waals surface area contributed by atoms with Crippen molar-refractivity contribution in [3.63, 3.8) is 0 Å². The van der Waals surface area contributed by atoms with Crippen LogP contribution in [-0.4, -0.2) is 14.8 Å². The van der Waals surface area contributed by atoms with Gasteiger partial charge in [-0.05, 0) is 6.07 Å². The van der Waals surface area contributed by atoms with E-state index >= 15 is 0 Å². The van der Waals surface area contributed by atoms with Gasteiger partial charge in [-0.1, -0.05) is 6.07 Å². The molecule has 0 atom stereocenters. The number of aromatic nitrogens is 1. The Morgan fingerprint density at radius 1 is 1.24 bits per heavy atom. The topological polar surface area (TPSA) is 99.2 Å². The van der Waals surface area contributed by atoms with Gasteiger partial charge >= 0.3 is 0 Å². The third-order valence-corrected chi connectivity index (χ3v) is 2.28. The van der Waals surface area contributed by atoms with Crippen LogP contribution in [0, 0.1) is 20.2 Å². The number of nitro benzene ring substituents is 1. The molecule has 0 aliphatic heterocycles. The molecule has 2 aromatic rings. The molecule has 0 spiro atoms. The van der Waals surface area contributed by atoms with Crippen LogP contribution < -0.4 is 0 Å². The van der Waals surface area contributed by atoms with E-state index in [0.29, 0.717) is 10.9 Å². The predicted molar refractivity (Wildman–Crippen MR) is 59.1 cm³/mol. The molecule has 0 aliphatic rings. The number of nitro groups is 2. The lowest BCUT2D eigenvalue weighted by Gasteiger charge is -2.02. The summed E-state index contributed by atoms with van der Waals surface area (Å²) in [6, 6.07) is 5.81. The summed E-state index contributed by atoms with van der Waals surface area (Å²) in [5.74, 6) is 0. The Morgan fingerprint density at radius 2 is 2.00 bits per heavy atom. The van der Waals surface area contributed by atoms with Gasteiger partial charge in [-0.2, -0.15) is 0 Å². The highest BCUT2D eigenvalue weighted by Gasteiger charge is 2.15. The van der Waals surface area contributed by atoms with E-state index in [4.69, 9.17) is 0 Å². The van der Waals surface area contributed by atoms with Crippen LogP contribution in [-0.2, 0) is 6.54 Å². The largest absolute Gasteiger partial charge is 0.270 e. The van der Waals surface area contributed by atoms with Crippen LogP contribution in [0.3, 0.4) is 0 Å². The van der Waals surface area contributed by atoms with Crippen molar-refractivity contribution in [3.8, 4) is 0 Å². The summed E-state index contributed by atoms with van der Waals surface area (Å²) >= 11 is 0. The fourth-order valence-corrected chi connectivity index (χ4v) is 1.62. The zero-order valence-electron chi connectivity index (χ0n) is 8.57. The fraction of sp³-hybridized carbons (Fsp3) is 0.100. The number of hydrogen-bond donors (Lipinski definition) is 0. The normalized spacial score (nSPS) is 10.4. The molecule has 17 heavy (non-hydrogen) atoms. The molecule has 2 rings (SSSR count). The van der Waals surface area contributed by atoms with Gasteiger partial charge in [-0.3, -0.25) is 25.2 Å². The van der Waals surface area contributed by atoms with Crippen molar-refractivity contribution in [1.29, 1.82) is 0 Å². The molecule has 0 N–H and O–H groups in total. The average molecular weight is 233 g/mol. The van der Waals surface area contributed by atoms with Gasteiger partial charge in [0.05, 0.1) is 16.0 Å². The number of non-ortho nitro benzene ring substituents is 1. The minimum atomic E-state index is -0.574. The van der Waals surface area contributed by atoms with Gasteiger partial charge in [0.2, 0.25) is 6.54 Å². The second kappa shape index (κ2) is 4.12. The standard InChI is InChI=1S/C10H7N3O4/c14-12(15)6-8-5-9(13(16)17)4-7-2-1-3-11-10(7)8/h1-5H,6H2. The molecule has 0 bridgehead atoms. The first kappa shape index (κ1) is 10.9. The van der Waals surface area contributed by atoms with Crippen LogP contribution >= 0.6 is 0 Å². The van der Waals surface area contributed by atoms with Gasteiger partial charge in [0, 0.05) is 28.6 Å². The monoisotopic (exact) mass is 233 g/mol. The number of nitrogens with zero attached hydrogens (tertiary/aromatic N) is 3. The molecule has 0 radical (unpaired) electrons. The average Bonchev–Trinajstić information content (AvgIpc) is 2.28. The summed E-state index contributed by atoms with van der Waals surface area (Å²) < 4.78 is 0. The van der Waals surface area contributed by atoms with E-state index in [9.17, 15) is 20.2 Å². The van der Waals surface area contributed by atoms with E-state index in [0.717, 1.165) is 0 Å². The van der Waals surface area contributed by atoms with E-state index in [1.807, 2.05) is 0 Å². The molecule has 7 heteroatoms. The third kappa shape index (κ3) is 2.17. The maximum absolute atomic E-state index is 10.7. The predicted octanol–water partition coefficient (Wildman–Crippen LogP) is 1.92. The second-order valence-electron chi connectivity index (χ2n) is 3.43. The molecule has 1 heterocycles. The smallest absolute Gasteiger partial charge is 0.264 e. The highest BCUT2D eigenvalue weighted by atomic mass is 16.6. The van der Waals surface area contributed by atoms with Crippen LogP contribution in [0.2, 0.25) is 0 Å². The van der Waals surface area contributed by atoms with Crippen molar-refractivity contribution in [3.05, 3.63) is 56.3 Å². The van der Waals surface area contributed by atoms with Gasteiger partial charge in [-0.15, -0.1) is 0 Å². The Morgan fingerprint density at radius 3 is 2.65 bits per heavy atom. The first-order valence-corrected chi connectivity index (χ1v) is 4.72. The van der Waals surface area contributed by atoms with Crippen molar-refractivity contribution in [2.45, 2.75) is 6.54 Å². The van der Waals surface area contributed by atoms with Crippen LogP contribution in [0.5, 0.6) is 0 Å². The lowest BCUT2D eigenvalue weighted by atomic mass is 10.1. The number of rotatable bonds is 3. The maximum atomic E-state index is 10.7. The summed E-state index contributed by atoms with van der Waals surface area (Å²) in [4.78, 5) is 24.1. The summed E-state index contributed by atoms with van der Waals surface area (Å²) in [5, 5.41) is 21.7. The molecule has 86 valence electrons. The Balaban J connectivity index is 2.68. The van der Waals surface area contributed by atoms with Gasteiger partial charge < -0.3 is 0 Å². The van der Waals surface area contributed by atoms with Gasteiger partial charge in [0.1, 0.15) is 0 Å². The molecule has 0 aliphatic carbocycles. The van der Waals surface area contributed by atoms with Crippen molar-refractivity contribution >= 4 is 16.6 Å². The van der Waals surface area contributed by atoms with Crippen molar-refractivity contribution < 1.29 is 9.85 Å². The van der Waals surface area contributed by atoms with Crippen LogP contribution in [0.15, 0.2) is 30.5 Å². The van der Waals surface area contributed by atoms with Crippen LogP contribution in [0.1, 0.15) is 5.56 Å². The molecule has 7 nitrogen and oxygen atoms in total. The molecule has 1 aromatic heterocycles. The zero-order valence-corrected chi connectivity index (χ0v) is 8.57. The Bertz CT molecular complexity index is 612. The van der Waals surface area contributed by atoms with E-state index in [1.165, 1.54) is 18.3 Å². The molecule has 0 saturated heterocycles. The van der Waals surface area contributed by atoms with Crippen molar-refractivity contribution in [1.82, 2.24) is 4.98 Å². The summed E-state index contributed by atoms with van der Waals surface area (Å²) in [6.45, 7) is -0.477. The van der Waals surface area contributed by atoms with Gasteiger partial charge in [-0.25, -0.2) is 0 Å². The molecular weight excluding hydrogens is 226 g/mol. The number of benzene rings is 1. The summed E-state index contributed by atoms with van der Waals surface area (Å²) in [6.07, 6.45) is 1.50. The molecule has 0 saturated carbocycles. The fourth-order valence-electron chi connectivity index (χ4n) is 1.62. The molecule has 1 aromatic carbocycles. The summed E-state index contributed by atoms with van der Waals surface area (Å²) in [7, 11) is 0. The quantitative estimate of drug-likeness (QED) is 0.595. The maximum Gasteiger partial charge on any atom is 0.270 e. The van der Waals surface area contributed by atoms with E-state index in [-0.39, 0.29) is 11.3 Å². The van der Waals surface area contributed by atoms with Gasteiger partial charge in [0.25, 0.3) is 5.69 Å². The highest BCUT2D eigenvalue weighted by Crippen LogP contribution is 2.24. The highest BCUT2D eigenvalue weighted by molar-refractivity contribution is 5.84. The zero-order chi connectivity index (χ0) is 12.4. The number of pyridine rings is 1. The third-order valence-electron chi connectivity index (χ3n) is 2.28. The van der Waals surface area contributed by atoms with E-state index in [1.54, 1.807) is 12.1 Å². The molecular formula is C10H7N3O4. The first-order chi connectivity index (χ1) is 8.08. The number of hydrogen-bond acceptors (Lipinski definition) is 5. The van der Waals surface area contributed by atoms with Crippen LogP contribution in [0.25, 0.3) is 10.9 Å². The Labute approximate surface area is 95.0 Å². The van der Waals surface area contributed by atoms with Crippen molar-refractivity contribution in [2.75, 3.05) is 0 Å². The number of fused-ring (bicyclic) bond motifs is 1. The van der Waals surface area contributed by atoms with Crippen LogP contribution in [0.4, 0.5) is 5.69 Å². The lowest BCUT2D eigenvalue weighted by Crippen LogP contribution is -2.01. The SMILES string of the molecule is O=[N+]([O-])Cc1cc([N+](=O)[O-])cc2cccnc12. The molecule has 0 unspecified atom stereocenters. The minimum absolute atomic E-state index is 0.164. The molecule has 0 fully saturated rings. The first-order valence-electron chi connectivity index (χ1n) is 4.72.